The summed E-state index contributed by atoms with van der Waals surface area (Å²) >= 11 is 0. The summed E-state index contributed by atoms with van der Waals surface area (Å²) in [4.78, 5) is 10.2. The number of aromatic nitrogens is 6. The Morgan fingerprint density at radius 1 is 0.567 bits per heavy atom. The predicted molar refractivity (Wildman–Crippen MR) is 263 cm³/mol. The molecule has 7 nitrogen and oxygen atoms in total. The van der Waals surface area contributed by atoms with Crippen molar-refractivity contribution >= 4 is 21.8 Å². The monoisotopic (exact) mass is 1050 g/mol. The minimum atomic E-state index is -0.344. The number of rotatable bonds is 9. The quantitative estimate of drug-likeness (QED) is 0.107. The summed E-state index contributed by atoms with van der Waals surface area (Å²) in [6, 6.07) is 71.6. The van der Waals surface area contributed by atoms with Gasteiger partial charge in [0.1, 0.15) is 5.82 Å². The van der Waals surface area contributed by atoms with Gasteiger partial charge in [-0.1, -0.05) is 184 Å². The Labute approximate surface area is 404 Å². The second-order valence-corrected chi connectivity index (χ2v) is 17.4. The molecule has 7 aromatic carbocycles. The average Bonchev–Trinajstić information content (AvgIpc) is 3.94. The normalized spacial score (nSPS) is 11.5. The number of benzene rings is 7. The largest absolute Gasteiger partial charge is 0.522 e. The van der Waals surface area contributed by atoms with Gasteiger partial charge >= 0.3 is 0 Å². The number of para-hydroxylation sites is 2. The molecule has 0 atom stereocenters. The van der Waals surface area contributed by atoms with Gasteiger partial charge in [-0.25, -0.2) is 4.98 Å². The van der Waals surface area contributed by atoms with Crippen LogP contribution in [0.1, 0.15) is 32.0 Å². The van der Waals surface area contributed by atoms with E-state index in [0.29, 0.717) is 23.1 Å². The third-order valence-electron chi connectivity index (χ3n) is 11.9. The summed E-state index contributed by atoms with van der Waals surface area (Å²) in [5.74, 6) is 2.96. The molecular weight excluding hydrogens is 1000 g/mol. The number of hydrogen-bond acceptors (Lipinski definition) is 4. The molecule has 0 fully saturated rings. The van der Waals surface area contributed by atoms with Crippen LogP contribution in [0.2, 0.25) is 0 Å². The summed E-state index contributed by atoms with van der Waals surface area (Å²) in [5, 5.41) is 7.42. The van der Waals surface area contributed by atoms with Gasteiger partial charge < -0.3 is 18.9 Å². The van der Waals surface area contributed by atoms with E-state index < -0.39 is 0 Å². The fourth-order valence-electron chi connectivity index (χ4n) is 8.67. The van der Waals surface area contributed by atoms with Gasteiger partial charge in [0, 0.05) is 55.3 Å². The van der Waals surface area contributed by atoms with Gasteiger partial charge in [-0.3, -0.25) is 0 Å². The maximum atomic E-state index is 6.79. The second kappa shape index (κ2) is 17.9. The number of ether oxygens (including phenoxy) is 1. The maximum absolute atomic E-state index is 6.79. The van der Waals surface area contributed by atoms with Crippen LogP contribution >= 0.6 is 0 Å². The fourth-order valence-corrected chi connectivity index (χ4v) is 8.67. The van der Waals surface area contributed by atoms with Gasteiger partial charge in [-0.05, 0) is 79.8 Å². The molecule has 4 aromatic heterocycles. The average molecular weight is 1050 g/mol. The molecule has 0 aliphatic heterocycles. The molecule has 0 aliphatic carbocycles. The van der Waals surface area contributed by atoms with E-state index in [1.807, 2.05) is 54.7 Å². The van der Waals surface area contributed by atoms with Crippen LogP contribution in [0, 0.1) is 25.4 Å². The molecule has 0 saturated heterocycles. The van der Waals surface area contributed by atoms with Gasteiger partial charge in [0.2, 0.25) is 12.2 Å². The second-order valence-electron chi connectivity index (χ2n) is 17.4. The van der Waals surface area contributed by atoms with E-state index in [-0.39, 0.29) is 26.5 Å². The van der Waals surface area contributed by atoms with E-state index in [0.717, 1.165) is 83.5 Å². The van der Waals surface area contributed by atoms with Crippen LogP contribution in [-0.2, 0) is 26.5 Å². The van der Waals surface area contributed by atoms with Gasteiger partial charge in [0.15, 0.2) is 0 Å². The number of aryl methyl sites for hydroxylation is 1. The molecule has 0 spiro atoms. The summed E-state index contributed by atoms with van der Waals surface area (Å²) in [7, 11) is 0. The van der Waals surface area contributed by atoms with Crippen molar-refractivity contribution in [2.75, 3.05) is 0 Å². The third kappa shape index (κ3) is 8.28. The predicted octanol–water partition coefficient (Wildman–Crippen LogP) is 13.5. The Morgan fingerprint density at radius 2 is 1.15 bits per heavy atom. The van der Waals surface area contributed by atoms with E-state index in [4.69, 9.17) is 19.8 Å². The van der Waals surface area contributed by atoms with Crippen LogP contribution in [0.5, 0.6) is 11.5 Å². The molecular formula is C59H44N6OPt-2. The topological polar surface area (TPSA) is 61.6 Å². The summed E-state index contributed by atoms with van der Waals surface area (Å²) in [5.41, 5.74) is 11.8. The van der Waals surface area contributed by atoms with Crippen molar-refractivity contribution in [1.82, 2.24) is 24.3 Å². The van der Waals surface area contributed by atoms with Crippen LogP contribution in [0.15, 0.2) is 194 Å². The summed E-state index contributed by atoms with van der Waals surface area (Å²) in [6.45, 7) is 8.56. The third-order valence-corrected chi connectivity index (χ3v) is 11.9. The molecule has 0 saturated carbocycles. The van der Waals surface area contributed by atoms with Crippen molar-refractivity contribution in [2.45, 2.75) is 33.1 Å². The van der Waals surface area contributed by atoms with Gasteiger partial charge in [0.25, 0.3) is 0 Å². The van der Waals surface area contributed by atoms with E-state index in [9.17, 15) is 0 Å². The van der Waals surface area contributed by atoms with E-state index >= 15 is 0 Å². The Bertz CT molecular complexity index is 3490. The Balaban J connectivity index is 0.00000525. The van der Waals surface area contributed by atoms with Crippen molar-refractivity contribution in [3.05, 3.63) is 224 Å². The first-order valence-corrected chi connectivity index (χ1v) is 22.1. The Kier molecular flexibility index (Phi) is 11.5. The molecule has 4 heterocycles. The zero-order chi connectivity index (χ0) is 44.8. The number of fused-ring (bicyclic) bond motifs is 3. The van der Waals surface area contributed by atoms with Crippen molar-refractivity contribution in [3.8, 4) is 73.6 Å². The molecule has 0 amide bonds. The molecule has 67 heavy (non-hydrogen) atoms. The van der Waals surface area contributed by atoms with Crippen LogP contribution in [0.4, 0.5) is 0 Å². The fraction of sp³-hybridized carbons (Fsp3) is 0.0847. The van der Waals surface area contributed by atoms with E-state index in [1.165, 1.54) is 0 Å². The van der Waals surface area contributed by atoms with Gasteiger partial charge in [0.05, 0.1) is 5.82 Å². The Morgan fingerprint density at radius 3 is 1.76 bits per heavy atom. The summed E-state index contributed by atoms with van der Waals surface area (Å²) < 4.78 is 12.7. The molecule has 328 valence electrons. The van der Waals surface area contributed by atoms with Crippen LogP contribution in [0.3, 0.4) is 0 Å². The van der Waals surface area contributed by atoms with Crippen LogP contribution in [0.25, 0.3) is 83.9 Å². The van der Waals surface area contributed by atoms with Crippen molar-refractivity contribution in [2.24, 2.45) is 0 Å². The SMILES string of the molecule is Cc1cc(-n2c3[c-]c(Oc4[c-]c(-n5[c-][n+](-c6c(-c7ccccc7)cccc6-c6ccccc6)c(-c6ccccc6)n5)nc(C(C)(C)C)c4)ccc3c3ccccc32)ncc1-c1ccccc1.[Pt]. The molecule has 11 rings (SSSR count). The van der Waals surface area contributed by atoms with E-state index in [2.05, 4.69) is 195 Å². The molecule has 11 aromatic rings. The van der Waals surface area contributed by atoms with Crippen molar-refractivity contribution in [1.29, 1.82) is 0 Å². The van der Waals surface area contributed by atoms with Gasteiger partial charge in [-0.2, -0.15) is 16.8 Å². The molecule has 0 unspecified atom stereocenters. The van der Waals surface area contributed by atoms with Crippen molar-refractivity contribution < 1.29 is 30.4 Å². The number of hydrogen-bond donors (Lipinski definition) is 0. The zero-order valence-corrected chi connectivity index (χ0v) is 39.7. The maximum Gasteiger partial charge on any atom is 0.231 e. The first-order valence-electron chi connectivity index (χ1n) is 22.1. The standard InChI is InChI=1S/C59H44N6O.Pt/c1-40-34-55(60-38-51(40)43-24-13-7-14-25-43)65-52-31-18-17-28-49(52)50-33-32-45(35-53(50)65)66-46-36-54(59(2,3)4)61-56(37-46)64-39-63(58(62-64)44-26-15-8-16-27-44)57-47(41-20-9-5-10-21-41)29-19-30-48(57)42-22-11-6-12-23-42;/h5-34,36,38H,1-4H3;/q-2;. The Hall–Kier alpha value is -7.73. The first kappa shape index (κ1) is 43.2. The minimum absolute atomic E-state index is 0. The minimum Gasteiger partial charge on any atom is -0.522 e. The molecule has 0 aliphatic rings. The van der Waals surface area contributed by atoms with Gasteiger partial charge in [-0.15, -0.1) is 23.6 Å². The van der Waals surface area contributed by atoms with Crippen LogP contribution < -0.4 is 9.30 Å². The van der Waals surface area contributed by atoms with Crippen LogP contribution in [-0.4, -0.2) is 24.3 Å². The van der Waals surface area contributed by atoms with E-state index in [1.54, 1.807) is 4.68 Å². The molecule has 0 radical (unpaired) electrons. The molecule has 0 N–H and O–H groups in total. The summed E-state index contributed by atoms with van der Waals surface area (Å²) in [6.07, 6.45) is 5.60. The molecule has 8 heteroatoms. The van der Waals surface area contributed by atoms with Crippen molar-refractivity contribution in [3.63, 3.8) is 0 Å². The smallest absolute Gasteiger partial charge is 0.231 e. The first-order chi connectivity index (χ1) is 32.3. The number of pyridine rings is 2. The number of nitrogens with zero attached hydrogens (tertiary/aromatic N) is 6. The molecule has 0 bridgehead atoms. The zero-order valence-electron chi connectivity index (χ0n) is 37.4.